The van der Waals surface area contributed by atoms with E-state index in [4.69, 9.17) is 5.11 Å². The lowest BCUT2D eigenvalue weighted by atomic mass is 9.95. The Morgan fingerprint density at radius 1 is 1.13 bits per heavy atom. The Morgan fingerprint density at radius 2 is 1.93 bits per heavy atom. The van der Waals surface area contributed by atoms with Crippen LogP contribution >= 0.6 is 0 Å². The van der Waals surface area contributed by atoms with Crippen LogP contribution in [0.5, 0.6) is 5.75 Å². The fraction of sp³-hybridized carbons (Fsp3) is 0.391. The van der Waals surface area contributed by atoms with Crippen LogP contribution in [0.2, 0.25) is 0 Å². The number of aromatic nitrogens is 3. The topological polar surface area (TPSA) is 108 Å². The van der Waals surface area contributed by atoms with Crippen molar-refractivity contribution in [3.63, 3.8) is 0 Å². The van der Waals surface area contributed by atoms with Gasteiger partial charge in [-0.15, -0.1) is 0 Å². The molecule has 1 saturated carbocycles. The van der Waals surface area contributed by atoms with Crippen LogP contribution in [0.1, 0.15) is 50.8 Å². The molecule has 0 spiro atoms. The van der Waals surface area contributed by atoms with E-state index < -0.39 is 0 Å². The SMILES string of the molecule is O=C(CCCc1nc2ccccc2c(=O)[nH]1)NC1CCCCC1.Oc1cccnc1. The van der Waals surface area contributed by atoms with E-state index in [1.807, 2.05) is 18.2 Å². The molecule has 30 heavy (non-hydrogen) atoms. The molecule has 2 heterocycles. The van der Waals surface area contributed by atoms with Crippen LogP contribution in [0.25, 0.3) is 10.9 Å². The highest BCUT2D eigenvalue weighted by Crippen LogP contribution is 2.17. The summed E-state index contributed by atoms with van der Waals surface area (Å²) in [7, 11) is 0. The van der Waals surface area contributed by atoms with Crippen LogP contribution in [-0.4, -0.2) is 32.0 Å². The quantitative estimate of drug-likeness (QED) is 0.599. The van der Waals surface area contributed by atoms with Gasteiger partial charge in [-0.2, -0.15) is 0 Å². The minimum atomic E-state index is -0.114. The van der Waals surface area contributed by atoms with Crippen LogP contribution in [-0.2, 0) is 11.2 Å². The summed E-state index contributed by atoms with van der Waals surface area (Å²) in [6.07, 6.45) is 10.7. The van der Waals surface area contributed by atoms with E-state index in [1.165, 1.54) is 25.5 Å². The van der Waals surface area contributed by atoms with Crippen LogP contribution in [0.4, 0.5) is 0 Å². The van der Waals surface area contributed by atoms with Crippen LogP contribution < -0.4 is 10.9 Å². The number of hydrogen-bond donors (Lipinski definition) is 3. The highest BCUT2D eigenvalue weighted by molar-refractivity contribution is 5.77. The van der Waals surface area contributed by atoms with Crippen LogP contribution in [0, 0.1) is 0 Å². The smallest absolute Gasteiger partial charge is 0.258 e. The van der Waals surface area contributed by atoms with E-state index in [0.29, 0.717) is 42.0 Å². The molecule has 0 aliphatic heterocycles. The second-order valence-corrected chi connectivity index (χ2v) is 7.50. The summed E-state index contributed by atoms with van der Waals surface area (Å²) in [5, 5.41) is 12.3. The molecule has 0 saturated heterocycles. The molecule has 4 rings (SSSR count). The molecule has 7 nitrogen and oxygen atoms in total. The number of fused-ring (bicyclic) bond motifs is 1. The predicted molar refractivity (Wildman–Crippen MR) is 116 cm³/mol. The van der Waals surface area contributed by atoms with Crippen molar-refractivity contribution in [2.75, 3.05) is 0 Å². The largest absolute Gasteiger partial charge is 0.506 e. The first-order valence-corrected chi connectivity index (χ1v) is 10.5. The van der Waals surface area contributed by atoms with Crippen molar-refractivity contribution in [2.45, 2.75) is 57.4 Å². The van der Waals surface area contributed by atoms with Crippen molar-refractivity contribution < 1.29 is 9.90 Å². The lowest BCUT2D eigenvalue weighted by Gasteiger charge is -2.22. The summed E-state index contributed by atoms with van der Waals surface area (Å²) in [5.41, 5.74) is 0.593. The first-order chi connectivity index (χ1) is 14.6. The number of benzene rings is 1. The molecule has 3 aromatic rings. The molecule has 1 aromatic carbocycles. The number of rotatable bonds is 5. The predicted octanol–water partition coefficient (Wildman–Crippen LogP) is 3.48. The van der Waals surface area contributed by atoms with Gasteiger partial charge in [-0.25, -0.2) is 4.98 Å². The van der Waals surface area contributed by atoms with E-state index in [9.17, 15) is 9.59 Å². The van der Waals surface area contributed by atoms with Gasteiger partial charge < -0.3 is 15.4 Å². The number of amides is 1. The Labute approximate surface area is 175 Å². The molecular weight excluding hydrogens is 380 g/mol. The number of nitrogens with one attached hydrogen (secondary N) is 2. The van der Waals surface area contributed by atoms with Gasteiger partial charge in [0.2, 0.25) is 5.91 Å². The maximum atomic E-state index is 12.0. The zero-order valence-electron chi connectivity index (χ0n) is 17.0. The summed E-state index contributed by atoms with van der Waals surface area (Å²) >= 11 is 0. The summed E-state index contributed by atoms with van der Waals surface area (Å²) < 4.78 is 0. The van der Waals surface area contributed by atoms with Gasteiger partial charge in [0.15, 0.2) is 0 Å². The van der Waals surface area contributed by atoms with E-state index >= 15 is 0 Å². The number of para-hydroxylation sites is 1. The van der Waals surface area contributed by atoms with Crippen molar-refractivity contribution in [2.24, 2.45) is 0 Å². The Bertz CT molecular complexity index is 998. The Balaban J connectivity index is 0.000000310. The summed E-state index contributed by atoms with van der Waals surface area (Å²) in [6.45, 7) is 0. The molecule has 1 aliphatic rings. The number of carbonyl (C=O) groups is 1. The molecule has 1 aliphatic carbocycles. The third-order valence-corrected chi connectivity index (χ3v) is 5.10. The molecule has 0 radical (unpaired) electrons. The monoisotopic (exact) mass is 408 g/mol. The van der Waals surface area contributed by atoms with Crippen molar-refractivity contribution in [1.82, 2.24) is 20.3 Å². The molecule has 3 N–H and O–H groups in total. The Hall–Kier alpha value is -3.22. The fourth-order valence-corrected chi connectivity index (χ4v) is 3.57. The zero-order chi connectivity index (χ0) is 21.2. The Kier molecular flexibility index (Phi) is 7.94. The summed E-state index contributed by atoms with van der Waals surface area (Å²) in [4.78, 5) is 34.9. The number of aromatic hydroxyl groups is 1. The number of pyridine rings is 1. The molecule has 1 fully saturated rings. The molecule has 0 unspecified atom stereocenters. The van der Waals surface area contributed by atoms with Gasteiger partial charge in [-0.05, 0) is 43.5 Å². The zero-order valence-corrected chi connectivity index (χ0v) is 17.0. The van der Waals surface area contributed by atoms with Crippen LogP contribution in [0.15, 0.2) is 53.6 Å². The second kappa shape index (κ2) is 11.1. The lowest BCUT2D eigenvalue weighted by Crippen LogP contribution is -2.36. The first-order valence-electron chi connectivity index (χ1n) is 10.5. The summed E-state index contributed by atoms with van der Waals surface area (Å²) in [6, 6.07) is 10.9. The third kappa shape index (κ3) is 6.69. The number of carbonyl (C=O) groups excluding carboxylic acids is 1. The first kappa shape index (κ1) is 21.5. The molecule has 0 atom stereocenters. The third-order valence-electron chi connectivity index (χ3n) is 5.10. The molecule has 1 amide bonds. The Morgan fingerprint density at radius 3 is 2.63 bits per heavy atom. The number of aryl methyl sites for hydroxylation is 1. The van der Waals surface area contributed by atoms with Gasteiger partial charge in [0, 0.05) is 25.1 Å². The molecule has 2 aromatic heterocycles. The highest BCUT2D eigenvalue weighted by atomic mass is 16.3. The van der Waals surface area contributed by atoms with Gasteiger partial charge >= 0.3 is 0 Å². The van der Waals surface area contributed by atoms with Gasteiger partial charge in [-0.3, -0.25) is 14.6 Å². The van der Waals surface area contributed by atoms with Crippen molar-refractivity contribution in [3.8, 4) is 5.75 Å². The van der Waals surface area contributed by atoms with Crippen molar-refractivity contribution >= 4 is 16.8 Å². The van der Waals surface area contributed by atoms with E-state index in [2.05, 4.69) is 20.3 Å². The summed E-state index contributed by atoms with van der Waals surface area (Å²) in [5.74, 6) is 0.974. The van der Waals surface area contributed by atoms with Gasteiger partial charge in [-0.1, -0.05) is 31.4 Å². The number of aromatic amines is 1. The highest BCUT2D eigenvalue weighted by Gasteiger charge is 2.15. The fourth-order valence-electron chi connectivity index (χ4n) is 3.57. The molecular formula is C23H28N4O3. The standard InChI is InChI=1S/C18H23N3O2.C5H5NO/c22-17(19-13-7-2-1-3-8-13)12-6-11-16-20-15-10-5-4-9-14(15)18(23)21-16;7-5-2-1-3-6-4-5/h4-5,9-10,13H,1-3,6-8,11-12H2,(H,19,22)(H,20,21,23);1-4,7H. The average Bonchev–Trinajstić information content (AvgIpc) is 2.75. The van der Waals surface area contributed by atoms with E-state index in [0.717, 1.165) is 12.8 Å². The van der Waals surface area contributed by atoms with Crippen LogP contribution in [0.3, 0.4) is 0 Å². The maximum Gasteiger partial charge on any atom is 0.258 e. The van der Waals surface area contributed by atoms with Gasteiger partial charge in [0.05, 0.1) is 17.1 Å². The van der Waals surface area contributed by atoms with Gasteiger partial charge in [0.25, 0.3) is 5.56 Å². The average molecular weight is 409 g/mol. The van der Waals surface area contributed by atoms with Crippen molar-refractivity contribution in [3.05, 3.63) is 65.0 Å². The van der Waals surface area contributed by atoms with E-state index in [1.54, 1.807) is 24.4 Å². The van der Waals surface area contributed by atoms with E-state index in [-0.39, 0.29) is 17.2 Å². The minimum Gasteiger partial charge on any atom is -0.506 e. The number of H-pyrrole nitrogens is 1. The molecule has 7 heteroatoms. The maximum absolute atomic E-state index is 12.0. The normalized spacial score (nSPS) is 14.0. The molecule has 158 valence electrons. The minimum absolute atomic E-state index is 0.111. The lowest BCUT2D eigenvalue weighted by molar-refractivity contribution is -0.122. The number of hydrogen-bond acceptors (Lipinski definition) is 5. The van der Waals surface area contributed by atoms with Gasteiger partial charge in [0.1, 0.15) is 11.6 Å². The van der Waals surface area contributed by atoms with Crippen molar-refractivity contribution in [1.29, 1.82) is 0 Å². The second-order valence-electron chi connectivity index (χ2n) is 7.50. The number of nitrogens with zero attached hydrogens (tertiary/aromatic N) is 2. The molecule has 0 bridgehead atoms.